The van der Waals surface area contributed by atoms with Crippen LogP contribution in [-0.2, 0) is 14.4 Å². The van der Waals surface area contributed by atoms with Gasteiger partial charge in [0.2, 0.25) is 5.91 Å². The van der Waals surface area contributed by atoms with E-state index in [1.165, 1.54) is 6.92 Å². The van der Waals surface area contributed by atoms with Crippen molar-refractivity contribution in [1.29, 1.82) is 0 Å². The number of carbonyl (C=O) groups is 3. The van der Waals surface area contributed by atoms with Crippen LogP contribution in [0.15, 0.2) is 0 Å². The van der Waals surface area contributed by atoms with Gasteiger partial charge < -0.3 is 15.4 Å². The molecule has 0 rings (SSSR count). The van der Waals surface area contributed by atoms with Gasteiger partial charge in [-0.05, 0) is 13.3 Å². The van der Waals surface area contributed by atoms with E-state index in [2.05, 4.69) is 5.32 Å². The second-order valence-electron chi connectivity index (χ2n) is 3.66. The Morgan fingerprint density at radius 2 is 1.56 bits per heavy atom. The molecule has 8 heteroatoms. The molecule has 2 N–H and O–H groups in total. The van der Waals surface area contributed by atoms with Gasteiger partial charge in [-0.25, -0.2) is 0 Å². The Balaban J connectivity index is 3.54. The molecule has 0 aliphatic heterocycles. The number of carbonyl (C=O) groups excluding carboxylic acids is 3. The lowest BCUT2D eigenvalue weighted by Gasteiger charge is -2.08. The summed E-state index contributed by atoms with van der Waals surface area (Å²) in [5.74, 6) is -2.44. The Kier molecular flexibility index (Phi) is 6.99. The first-order valence-corrected chi connectivity index (χ1v) is 5.34. The molecule has 0 saturated heterocycles. The topological polar surface area (TPSA) is 75.3 Å². The number of ketones is 1. The van der Waals surface area contributed by atoms with Gasteiger partial charge in [0.25, 0.3) is 0 Å². The normalized spacial score (nSPS) is 10.9. The maximum absolute atomic E-state index is 11.7. The lowest BCUT2D eigenvalue weighted by molar-refractivity contribution is -0.173. The minimum Gasteiger partial charge on any atom is -0.356 e. The van der Waals surface area contributed by atoms with E-state index in [1.807, 2.05) is 0 Å². The predicted molar refractivity (Wildman–Crippen MR) is 56.6 cm³/mol. The minimum absolute atomic E-state index is 0.0598. The Hall–Kier alpha value is -1.60. The fourth-order valence-corrected chi connectivity index (χ4v) is 0.996. The van der Waals surface area contributed by atoms with Crippen molar-refractivity contribution in [3.63, 3.8) is 0 Å². The van der Waals surface area contributed by atoms with Crippen LogP contribution in [0.2, 0.25) is 0 Å². The molecule has 0 atom stereocenters. The highest BCUT2D eigenvalue weighted by molar-refractivity contribution is 5.83. The van der Waals surface area contributed by atoms with Crippen molar-refractivity contribution in [1.82, 2.24) is 10.6 Å². The third kappa shape index (κ3) is 8.54. The molecule has 104 valence electrons. The number of hydrogen-bond donors (Lipinski definition) is 2. The fourth-order valence-electron chi connectivity index (χ4n) is 0.996. The Labute approximate surface area is 102 Å². The van der Waals surface area contributed by atoms with Gasteiger partial charge in [-0.3, -0.25) is 9.59 Å². The van der Waals surface area contributed by atoms with Gasteiger partial charge >= 0.3 is 12.1 Å². The van der Waals surface area contributed by atoms with Gasteiger partial charge in [0.1, 0.15) is 5.78 Å². The Morgan fingerprint density at radius 3 is 2.06 bits per heavy atom. The van der Waals surface area contributed by atoms with E-state index in [9.17, 15) is 27.6 Å². The quantitative estimate of drug-likeness (QED) is 0.662. The molecule has 0 saturated carbocycles. The number of halogens is 3. The summed E-state index contributed by atoms with van der Waals surface area (Å²) >= 11 is 0. The van der Waals surface area contributed by atoms with E-state index in [0.29, 0.717) is 0 Å². The van der Waals surface area contributed by atoms with Crippen LogP contribution in [0.4, 0.5) is 13.2 Å². The summed E-state index contributed by atoms with van der Waals surface area (Å²) in [6, 6.07) is 0. The third-order valence-corrected chi connectivity index (χ3v) is 1.92. The second kappa shape index (κ2) is 7.67. The summed E-state index contributed by atoms with van der Waals surface area (Å²) in [4.78, 5) is 32.0. The minimum atomic E-state index is -4.88. The number of nitrogens with one attached hydrogen (secondary N) is 2. The largest absolute Gasteiger partial charge is 0.471 e. The summed E-state index contributed by atoms with van der Waals surface area (Å²) in [5, 5.41) is 4.10. The molecule has 0 spiro atoms. The van der Waals surface area contributed by atoms with Crippen LogP contribution in [0.3, 0.4) is 0 Å². The number of amides is 2. The van der Waals surface area contributed by atoms with Gasteiger partial charge in [-0.15, -0.1) is 0 Å². The second-order valence-corrected chi connectivity index (χ2v) is 3.66. The van der Waals surface area contributed by atoms with Crippen LogP contribution >= 0.6 is 0 Å². The van der Waals surface area contributed by atoms with Crippen molar-refractivity contribution >= 4 is 17.6 Å². The summed E-state index contributed by atoms with van der Waals surface area (Å²) in [6.07, 6.45) is -4.50. The number of rotatable bonds is 7. The van der Waals surface area contributed by atoms with E-state index in [1.54, 1.807) is 5.32 Å². The summed E-state index contributed by atoms with van der Waals surface area (Å²) in [6.45, 7) is 1.33. The van der Waals surface area contributed by atoms with Crippen molar-refractivity contribution < 1.29 is 27.6 Å². The van der Waals surface area contributed by atoms with Gasteiger partial charge in [-0.1, -0.05) is 0 Å². The van der Waals surface area contributed by atoms with Gasteiger partial charge in [0.05, 0.1) is 0 Å². The lowest BCUT2D eigenvalue weighted by atomic mass is 10.2. The first-order valence-electron chi connectivity index (χ1n) is 5.34. The highest BCUT2D eigenvalue weighted by atomic mass is 19.4. The molecule has 2 amide bonds. The van der Waals surface area contributed by atoms with Crippen LogP contribution < -0.4 is 10.6 Å². The zero-order valence-corrected chi connectivity index (χ0v) is 9.89. The van der Waals surface area contributed by atoms with E-state index >= 15 is 0 Å². The maximum atomic E-state index is 11.7. The van der Waals surface area contributed by atoms with Crippen molar-refractivity contribution in [2.45, 2.75) is 32.4 Å². The highest BCUT2D eigenvalue weighted by Crippen LogP contribution is 2.13. The van der Waals surface area contributed by atoms with Crippen molar-refractivity contribution in [2.75, 3.05) is 13.1 Å². The van der Waals surface area contributed by atoms with E-state index in [-0.39, 0.29) is 44.0 Å². The molecule has 0 bridgehead atoms. The number of Topliss-reactive ketones (excluding diaryl/α,β-unsaturated/α-hetero) is 1. The zero-order chi connectivity index (χ0) is 14.2. The summed E-state index contributed by atoms with van der Waals surface area (Å²) in [7, 11) is 0. The van der Waals surface area contributed by atoms with Crippen LogP contribution in [0, 0.1) is 0 Å². The van der Waals surface area contributed by atoms with Gasteiger partial charge in [0, 0.05) is 25.9 Å². The van der Waals surface area contributed by atoms with Crippen molar-refractivity contribution in [3.8, 4) is 0 Å². The highest BCUT2D eigenvalue weighted by Gasteiger charge is 2.38. The molecule has 0 radical (unpaired) electrons. The van der Waals surface area contributed by atoms with Crippen LogP contribution in [0.25, 0.3) is 0 Å². The average molecular weight is 268 g/mol. The predicted octanol–water partition coefficient (Wildman–Crippen LogP) is 0.540. The molecule has 5 nitrogen and oxygen atoms in total. The van der Waals surface area contributed by atoms with Crippen LogP contribution in [0.1, 0.15) is 26.2 Å². The molecule has 0 aliphatic rings. The standard InChI is InChI=1S/C10H15F3N2O3/c1-7(16)3-4-8(17)14-5-2-6-15-9(18)10(11,12)13/h2-6H2,1H3,(H,14,17)(H,15,18). The molecule has 18 heavy (non-hydrogen) atoms. The van der Waals surface area contributed by atoms with Crippen molar-refractivity contribution in [2.24, 2.45) is 0 Å². The monoisotopic (exact) mass is 268 g/mol. The molecule has 0 aromatic heterocycles. The molecular formula is C10H15F3N2O3. The molecule has 0 aromatic rings. The van der Waals surface area contributed by atoms with E-state index in [0.717, 1.165) is 0 Å². The Morgan fingerprint density at radius 1 is 1.00 bits per heavy atom. The smallest absolute Gasteiger partial charge is 0.356 e. The summed E-state index contributed by atoms with van der Waals surface area (Å²) < 4.78 is 35.2. The molecule has 0 heterocycles. The molecule has 0 aromatic carbocycles. The lowest BCUT2D eigenvalue weighted by Crippen LogP contribution is -2.38. The Bertz CT molecular complexity index is 316. The van der Waals surface area contributed by atoms with Crippen LogP contribution in [-0.4, -0.2) is 36.9 Å². The molecule has 0 aliphatic carbocycles. The zero-order valence-electron chi connectivity index (χ0n) is 9.89. The van der Waals surface area contributed by atoms with Crippen molar-refractivity contribution in [3.05, 3.63) is 0 Å². The van der Waals surface area contributed by atoms with E-state index in [4.69, 9.17) is 0 Å². The van der Waals surface area contributed by atoms with Gasteiger partial charge in [0.15, 0.2) is 0 Å². The molecule has 0 fully saturated rings. The molecule has 0 unspecified atom stereocenters. The third-order valence-electron chi connectivity index (χ3n) is 1.92. The number of alkyl halides is 3. The summed E-state index contributed by atoms with van der Waals surface area (Å²) in [5.41, 5.74) is 0. The number of hydrogen-bond acceptors (Lipinski definition) is 3. The maximum Gasteiger partial charge on any atom is 0.471 e. The fraction of sp³-hybridized carbons (Fsp3) is 0.700. The average Bonchev–Trinajstić information content (AvgIpc) is 2.24. The SMILES string of the molecule is CC(=O)CCC(=O)NCCCNC(=O)C(F)(F)F. The first-order chi connectivity index (χ1) is 8.23. The van der Waals surface area contributed by atoms with Crippen LogP contribution in [0.5, 0.6) is 0 Å². The van der Waals surface area contributed by atoms with Gasteiger partial charge in [-0.2, -0.15) is 13.2 Å². The van der Waals surface area contributed by atoms with E-state index < -0.39 is 12.1 Å². The molecular weight excluding hydrogens is 253 g/mol. The first kappa shape index (κ1) is 16.4.